The molecule has 0 aliphatic heterocycles. The Balaban J connectivity index is 0. The van der Waals surface area contributed by atoms with Gasteiger partial charge in [-0.1, -0.05) is 34.6 Å². The van der Waals surface area contributed by atoms with Crippen LogP contribution < -0.4 is 5.73 Å². The predicted molar refractivity (Wildman–Crippen MR) is 69.5 cm³/mol. The Labute approximate surface area is 99.6 Å². The van der Waals surface area contributed by atoms with Gasteiger partial charge in [-0.2, -0.15) is 0 Å². The highest BCUT2D eigenvalue weighted by atomic mass is 16.1. The van der Waals surface area contributed by atoms with E-state index >= 15 is 0 Å². The molecule has 92 valence electrons. The van der Waals surface area contributed by atoms with Gasteiger partial charge in [-0.15, -0.1) is 0 Å². The van der Waals surface area contributed by atoms with Gasteiger partial charge >= 0.3 is 0 Å². The van der Waals surface area contributed by atoms with Crippen LogP contribution in [0.25, 0.3) is 0 Å². The number of hydrogen-bond donors (Lipinski definition) is 1. The topological polar surface area (TPSA) is 56.0 Å². The van der Waals surface area contributed by atoms with Crippen molar-refractivity contribution in [3.8, 4) is 0 Å². The predicted octanol–water partition coefficient (Wildman–Crippen LogP) is 3.14. The van der Waals surface area contributed by atoms with E-state index in [4.69, 9.17) is 5.73 Å². The quantitative estimate of drug-likeness (QED) is 0.857. The molecule has 0 unspecified atom stereocenters. The van der Waals surface area contributed by atoms with Gasteiger partial charge in [-0.25, -0.2) is 0 Å². The minimum Gasteiger partial charge on any atom is -0.366 e. The van der Waals surface area contributed by atoms with E-state index in [2.05, 4.69) is 25.8 Å². The summed E-state index contributed by atoms with van der Waals surface area (Å²) in [5, 5.41) is 0. The molecule has 1 rings (SSSR count). The van der Waals surface area contributed by atoms with Crippen LogP contribution in [0.1, 0.15) is 58.5 Å². The fourth-order valence-corrected chi connectivity index (χ4v) is 1.12. The van der Waals surface area contributed by atoms with Gasteiger partial charge in [0.15, 0.2) is 0 Å². The molecular weight excluding hydrogens is 200 g/mol. The molecule has 16 heavy (non-hydrogen) atoms. The molecule has 0 fully saturated rings. The zero-order valence-corrected chi connectivity index (χ0v) is 10.9. The normalized spacial score (nSPS) is 10.3. The number of carbonyl (C=O) groups is 1. The molecule has 0 saturated carbocycles. The highest BCUT2D eigenvalue weighted by Crippen LogP contribution is 2.24. The second-order valence-electron chi connectivity index (χ2n) is 4.03. The minimum atomic E-state index is -0.432. The van der Waals surface area contributed by atoms with E-state index in [0.29, 0.717) is 5.56 Å². The van der Waals surface area contributed by atoms with Crippen LogP contribution in [0.2, 0.25) is 0 Å². The molecule has 0 bridgehead atoms. The van der Waals surface area contributed by atoms with Crippen LogP contribution in [0.4, 0.5) is 0 Å². The zero-order valence-electron chi connectivity index (χ0n) is 10.9. The van der Waals surface area contributed by atoms with Crippen molar-refractivity contribution >= 4 is 5.91 Å². The Hall–Kier alpha value is -1.38. The first-order valence-electron chi connectivity index (χ1n) is 5.73. The molecule has 1 heterocycles. The molecule has 3 nitrogen and oxygen atoms in total. The van der Waals surface area contributed by atoms with Crippen LogP contribution in [-0.2, 0) is 5.41 Å². The van der Waals surface area contributed by atoms with E-state index in [0.717, 1.165) is 12.1 Å². The van der Waals surface area contributed by atoms with Gasteiger partial charge in [0, 0.05) is 18.7 Å². The van der Waals surface area contributed by atoms with Crippen LogP contribution >= 0.6 is 0 Å². The molecule has 0 aromatic carbocycles. The SMILES string of the molecule is CC.CCC(C)(C)c1ccc(C(N)=O)cn1.[HH]. The third kappa shape index (κ3) is 3.65. The van der Waals surface area contributed by atoms with Crippen molar-refractivity contribution in [1.82, 2.24) is 4.98 Å². The fraction of sp³-hybridized carbons (Fsp3) is 0.538. The van der Waals surface area contributed by atoms with Crippen molar-refractivity contribution < 1.29 is 6.22 Å². The number of aromatic nitrogens is 1. The molecule has 1 aromatic rings. The van der Waals surface area contributed by atoms with Crippen molar-refractivity contribution in [1.29, 1.82) is 0 Å². The van der Waals surface area contributed by atoms with Crippen molar-refractivity contribution in [2.45, 2.75) is 46.5 Å². The van der Waals surface area contributed by atoms with Crippen LogP contribution in [0.15, 0.2) is 18.3 Å². The number of nitrogens with zero attached hydrogens (tertiary/aromatic N) is 1. The van der Waals surface area contributed by atoms with Gasteiger partial charge in [0.25, 0.3) is 0 Å². The summed E-state index contributed by atoms with van der Waals surface area (Å²) in [6.07, 6.45) is 2.55. The molecule has 0 radical (unpaired) electrons. The summed E-state index contributed by atoms with van der Waals surface area (Å²) < 4.78 is 0. The van der Waals surface area contributed by atoms with Crippen LogP contribution in [0.3, 0.4) is 0 Å². The summed E-state index contributed by atoms with van der Waals surface area (Å²) in [6.45, 7) is 10.4. The molecular formula is C13H24N2O. The number of nitrogens with two attached hydrogens (primary N) is 1. The number of primary amides is 1. The lowest BCUT2D eigenvalue weighted by atomic mass is 9.86. The Morgan fingerprint density at radius 3 is 2.31 bits per heavy atom. The lowest BCUT2D eigenvalue weighted by molar-refractivity contribution is 0.1000. The first-order valence-corrected chi connectivity index (χ1v) is 5.73. The number of rotatable bonds is 3. The minimum absolute atomic E-state index is 0. The third-order valence-electron chi connectivity index (χ3n) is 2.63. The molecule has 2 N–H and O–H groups in total. The Morgan fingerprint density at radius 1 is 1.44 bits per heavy atom. The maximum atomic E-state index is 10.8. The first kappa shape index (κ1) is 14.6. The highest BCUT2D eigenvalue weighted by Gasteiger charge is 2.19. The second-order valence-corrected chi connectivity index (χ2v) is 4.03. The lowest BCUT2D eigenvalue weighted by Gasteiger charge is -2.21. The molecule has 0 aliphatic carbocycles. The zero-order chi connectivity index (χ0) is 12.8. The van der Waals surface area contributed by atoms with Gasteiger partial charge < -0.3 is 5.73 Å². The maximum absolute atomic E-state index is 10.8. The van der Waals surface area contributed by atoms with E-state index in [9.17, 15) is 4.79 Å². The van der Waals surface area contributed by atoms with Crippen molar-refractivity contribution in [3.05, 3.63) is 29.6 Å². The summed E-state index contributed by atoms with van der Waals surface area (Å²) in [7, 11) is 0. The molecule has 0 aliphatic rings. The molecule has 1 amide bonds. The summed E-state index contributed by atoms with van der Waals surface area (Å²) in [5.41, 5.74) is 6.63. The largest absolute Gasteiger partial charge is 0.366 e. The van der Waals surface area contributed by atoms with Crippen molar-refractivity contribution in [2.24, 2.45) is 5.73 Å². The fourth-order valence-electron chi connectivity index (χ4n) is 1.12. The summed E-state index contributed by atoms with van der Waals surface area (Å²) in [4.78, 5) is 15.1. The standard InChI is InChI=1S/C11H16N2O.C2H6.H2/c1-4-11(2,3)9-6-5-8(7-13-9)10(12)14;1-2;/h5-7H,4H2,1-3H3,(H2,12,14);1-2H3;1H. The molecule has 3 heteroatoms. The van der Waals surface area contributed by atoms with E-state index in [1.54, 1.807) is 6.07 Å². The molecule has 0 saturated heterocycles. The first-order chi connectivity index (χ1) is 7.47. The lowest BCUT2D eigenvalue weighted by Crippen LogP contribution is -2.18. The van der Waals surface area contributed by atoms with Gasteiger partial charge in [0.2, 0.25) is 5.91 Å². The van der Waals surface area contributed by atoms with E-state index in [1.807, 2.05) is 19.9 Å². The number of amides is 1. The average Bonchev–Trinajstić information content (AvgIpc) is 2.32. The molecule has 0 atom stereocenters. The summed E-state index contributed by atoms with van der Waals surface area (Å²) in [5.74, 6) is -0.432. The van der Waals surface area contributed by atoms with Crippen LogP contribution in [0.5, 0.6) is 0 Å². The number of carbonyl (C=O) groups excluding carboxylic acids is 1. The summed E-state index contributed by atoms with van der Waals surface area (Å²) >= 11 is 0. The molecule has 1 aromatic heterocycles. The van der Waals surface area contributed by atoms with Crippen LogP contribution in [0, 0.1) is 0 Å². The van der Waals surface area contributed by atoms with E-state index < -0.39 is 5.91 Å². The van der Waals surface area contributed by atoms with Crippen LogP contribution in [-0.4, -0.2) is 10.9 Å². The Bertz CT molecular complexity index is 334. The monoisotopic (exact) mass is 224 g/mol. The number of pyridine rings is 1. The number of hydrogen-bond acceptors (Lipinski definition) is 2. The Kier molecular flexibility index (Phi) is 5.72. The smallest absolute Gasteiger partial charge is 0.250 e. The third-order valence-corrected chi connectivity index (χ3v) is 2.63. The summed E-state index contributed by atoms with van der Waals surface area (Å²) in [6, 6.07) is 3.59. The van der Waals surface area contributed by atoms with Crippen molar-refractivity contribution in [3.63, 3.8) is 0 Å². The van der Waals surface area contributed by atoms with Gasteiger partial charge in [0.1, 0.15) is 0 Å². The van der Waals surface area contributed by atoms with Gasteiger partial charge in [0.05, 0.1) is 5.56 Å². The van der Waals surface area contributed by atoms with E-state index in [-0.39, 0.29) is 6.84 Å². The van der Waals surface area contributed by atoms with Crippen molar-refractivity contribution in [2.75, 3.05) is 0 Å². The van der Waals surface area contributed by atoms with Gasteiger partial charge in [-0.3, -0.25) is 9.78 Å². The van der Waals surface area contributed by atoms with Gasteiger partial charge in [-0.05, 0) is 18.6 Å². The van der Waals surface area contributed by atoms with E-state index in [1.165, 1.54) is 6.20 Å². The molecule has 0 spiro atoms. The average molecular weight is 224 g/mol. The maximum Gasteiger partial charge on any atom is 0.250 e. The highest BCUT2D eigenvalue weighted by molar-refractivity contribution is 5.92. The Morgan fingerprint density at radius 2 is 2.00 bits per heavy atom. The second kappa shape index (κ2) is 6.26.